The van der Waals surface area contributed by atoms with E-state index in [2.05, 4.69) is 5.32 Å². The monoisotopic (exact) mass is 488 g/mol. The van der Waals surface area contributed by atoms with Crippen LogP contribution in [0.25, 0.3) is 0 Å². The van der Waals surface area contributed by atoms with Gasteiger partial charge in [-0.2, -0.15) is 11.8 Å². The van der Waals surface area contributed by atoms with E-state index in [1.54, 1.807) is 36.9 Å². The molecule has 0 unspecified atom stereocenters. The van der Waals surface area contributed by atoms with Crippen LogP contribution in [0, 0.1) is 6.92 Å². The Balaban J connectivity index is 1.74. The van der Waals surface area contributed by atoms with Crippen molar-refractivity contribution in [3.05, 3.63) is 63.6 Å². The predicted octanol–water partition coefficient (Wildman–Crippen LogP) is 4.90. The lowest BCUT2D eigenvalue weighted by Gasteiger charge is -2.24. The van der Waals surface area contributed by atoms with E-state index in [0.29, 0.717) is 29.2 Å². The fourth-order valence-electron chi connectivity index (χ4n) is 2.88. The van der Waals surface area contributed by atoms with Crippen molar-refractivity contribution >= 4 is 56.6 Å². The number of thioether (sulfide) groups is 1. The third kappa shape index (κ3) is 8.02. The van der Waals surface area contributed by atoms with Crippen LogP contribution >= 0.6 is 35.0 Å². The average molecular weight is 489 g/mol. The van der Waals surface area contributed by atoms with Crippen molar-refractivity contribution < 1.29 is 13.2 Å². The first kappa shape index (κ1) is 24.9. The molecule has 0 atom stereocenters. The van der Waals surface area contributed by atoms with Crippen molar-refractivity contribution in [1.82, 2.24) is 5.32 Å². The van der Waals surface area contributed by atoms with Crippen molar-refractivity contribution in [2.75, 3.05) is 29.4 Å². The average Bonchev–Trinajstić information content (AvgIpc) is 2.67. The maximum Gasteiger partial charge on any atom is 0.232 e. The van der Waals surface area contributed by atoms with Gasteiger partial charge in [0.05, 0.1) is 11.9 Å². The highest BCUT2D eigenvalue weighted by Crippen LogP contribution is 2.28. The number of rotatable bonds is 11. The number of anilines is 1. The van der Waals surface area contributed by atoms with Gasteiger partial charge in [-0.15, -0.1) is 0 Å². The van der Waals surface area contributed by atoms with Crippen LogP contribution in [-0.2, 0) is 20.6 Å². The molecule has 2 aromatic rings. The molecule has 5 nitrogen and oxygen atoms in total. The molecule has 1 amide bonds. The van der Waals surface area contributed by atoms with Gasteiger partial charge >= 0.3 is 0 Å². The molecule has 0 fully saturated rings. The summed E-state index contributed by atoms with van der Waals surface area (Å²) in [5, 5.41) is 4.11. The van der Waals surface area contributed by atoms with Crippen molar-refractivity contribution in [2.45, 2.75) is 25.5 Å². The maximum atomic E-state index is 12.2. The minimum absolute atomic E-state index is 0.0883. The molecule has 0 saturated heterocycles. The first-order valence-electron chi connectivity index (χ1n) is 9.50. The summed E-state index contributed by atoms with van der Waals surface area (Å²) < 4.78 is 25.8. The Kier molecular flexibility index (Phi) is 9.81. The fraction of sp³-hybridized carbons (Fsp3) is 0.381. The van der Waals surface area contributed by atoms with Gasteiger partial charge in [-0.3, -0.25) is 9.10 Å². The molecular weight excluding hydrogens is 463 g/mol. The molecule has 2 aromatic carbocycles. The number of sulfonamides is 1. The Labute approximate surface area is 193 Å². The highest BCUT2D eigenvalue weighted by atomic mass is 35.5. The highest BCUT2D eigenvalue weighted by Gasteiger charge is 2.20. The van der Waals surface area contributed by atoms with E-state index in [4.69, 9.17) is 23.2 Å². The smallest absolute Gasteiger partial charge is 0.232 e. The lowest BCUT2D eigenvalue weighted by Crippen LogP contribution is -2.33. The second kappa shape index (κ2) is 11.8. The van der Waals surface area contributed by atoms with E-state index in [1.165, 1.54) is 4.31 Å². The van der Waals surface area contributed by atoms with Gasteiger partial charge in [0, 0.05) is 41.1 Å². The quantitative estimate of drug-likeness (QED) is 0.456. The van der Waals surface area contributed by atoms with Gasteiger partial charge in [0.1, 0.15) is 0 Å². The van der Waals surface area contributed by atoms with Gasteiger partial charge in [-0.05, 0) is 48.7 Å². The molecule has 30 heavy (non-hydrogen) atoms. The zero-order chi connectivity index (χ0) is 22.1. The molecule has 0 saturated carbocycles. The summed E-state index contributed by atoms with van der Waals surface area (Å²) in [6, 6.07) is 12.9. The zero-order valence-electron chi connectivity index (χ0n) is 17.0. The Hall–Kier alpha value is -1.41. The third-order valence-electron chi connectivity index (χ3n) is 4.40. The number of carbonyl (C=O) groups excluding carboxylic acids is 1. The second-order valence-corrected chi connectivity index (χ2v) is 10.7. The number of carbonyl (C=O) groups is 1. The van der Waals surface area contributed by atoms with Crippen LogP contribution in [0.15, 0.2) is 42.5 Å². The standard InChI is InChI=1S/C21H26Cl2N2O3S2/c1-16-19(23)8-4-9-20(16)25(30(2,27)28)12-5-10-21(26)24-11-13-29-15-17-6-3-7-18(22)14-17/h3-4,6-9,14H,5,10-13,15H2,1-2H3,(H,24,26). The normalized spacial score (nSPS) is 11.3. The van der Waals surface area contributed by atoms with Crippen molar-refractivity contribution in [2.24, 2.45) is 0 Å². The molecule has 9 heteroatoms. The molecule has 164 valence electrons. The highest BCUT2D eigenvalue weighted by molar-refractivity contribution is 7.98. The molecule has 0 spiro atoms. The molecule has 0 bridgehead atoms. The fourth-order valence-corrected chi connectivity index (χ4v) is 5.09. The van der Waals surface area contributed by atoms with Crippen LogP contribution in [0.3, 0.4) is 0 Å². The van der Waals surface area contributed by atoms with Gasteiger partial charge in [0.2, 0.25) is 15.9 Å². The van der Waals surface area contributed by atoms with E-state index in [-0.39, 0.29) is 18.9 Å². The number of halogens is 2. The number of amides is 1. The van der Waals surface area contributed by atoms with Crippen molar-refractivity contribution in [3.8, 4) is 0 Å². The first-order chi connectivity index (χ1) is 14.2. The number of hydrogen-bond donors (Lipinski definition) is 1. The van der Waals surface area contributed by atoms with Crippen molar-refractivity contribution in [3.63, 3.8) is 0 Å². The SMILES string of the molecule is Cc1c(Cl)cccc1N(CCCC(=O)NCCSCc1cccc(Cl)c1)S(C)(=O)=O. The Bertz CT molecular complexity index is 968. The van der Waals surface area contributed by atoms with Crippen LogP contribution in [0.2, 0.25) is 10.0 Å². The summed E-state index contributed by atoms with van der Waals surface area (Å²) in [6.45, 7) is 2.56. The van der Waals surface area contributed by atoms with Crippen LogP contribution in [-0.4, -0.2) is 39.4 Å². The Morgan fingerprint density at radius 3 is 2.60 bits per heavy atom. The van der Waals surface area contributed by atoms with E-state index < -0.39 is 10.0 Å². The van der Waals surface area contributed by atoms with Gasteiger partial charge in [-0.1, -0.05) is 41.4 Å². The minimum atomic E-state index is -3.48. The summed E-state index contributed by atoms with van der Waals surface area (Å²) in [5.74, 6) is 1.53. The molecule has 0 aliphatic rings. The van der Waals surface area contributed by atoms with Crippen LogP contribution in [0.5, 0.6) is 0 Å². The van der Waals surface area contributed by atoms with Crippen molar-refractivity contribution in [1.29, 1.82) is 0 Å². The molecule has 0 aliphatic carbocycles. The Morgan fingerprint density at radius 2 is 1.90 bits per heavy atom. The first-order valence-corrected chi connectivity index (χ1v) is 13.3. The Morgan fingerprint density at radius 1 is 1.17 bits per heavy atom. The van der Waals surface area contributed by atoms with E-state index >= 15 is 0 Å². The molecular formula is C21H26Cl2N2O3S2. The largest absolute Gasteiger partial charge is 0.355 e. The molecule has 1 N–H and O–H groups in total. The maximum absolute atomic E-state index is 12.2. The number of nitrogens with zero attached hydrogens (tertiary/aromatic N) is 1. The summed E-state index contributed by atoms with van der Waals surface area (Å²) >= 11 is 13.8. The second-order valence-electron chi connectivity index (χ2n) is 6.86. The number of hydrogen-bond acceptors (Lipinski definition) is 4. The molecule has 0 aliphatic heterocycles. The van der Waals surface area contributed by atoms with Gasteiger partial charge in [-0.25, -0.2) is 8.42 Å². The summed E-state index contributed by atoms with van der Waals surface area (Å²) in [5.41, 5.74) is 2.39. The van der Waals surface area contributed by atoms with E-state index in [0.717, 1.165) is 28.3 Å². The summed E-state index contributed by atoms with van der Waals surface area (Å²) in [7, 11) is -3.48. The van der Waals surface area contributed by atoms with E-state index in [1.807, 2.05) is 24.3 Å². The predicted molar refractivity (Wildman–Crippen MR) is 128 cm³/mol. The summed E-state index contributed by atoms with van der Waals surface area (Å²) in [4.78, 5) is 12.1. The molecule has 2 rings (SSSR count). The van der Waals surface area contributed by atoms with Crippen LogP contribution in [0.4, 0.5) is 5.69 Å². The van der Waals surface area contributed by atoms with Gasteiger partial charge in [0.25, 0.3) is 0 Å². The third-order valence-corrected chi connectivity index (χ3v) is 7.25. The molecule has 0 aromatic heterocycles. The van der Waals surface area contributed by atoms with Gasteiger partial charge in [0.15, 0.2) is 0 Å². The zero-order valence-corrected chi connectivity index (χ0v) is 20.2. The lowest BCUT2D eigenvalue weighted by molar-refractivity contribution is -0.121. The van der Waals surface area contributed by atoms with Crippen LogP contribution < -0.4 is 9.62 Å². The van der Waals surface area contributed by atoms with E-state index in [9.17, 15) is 13.2 Å². The van der Waals surface area contributed by atoms with Gasteiger partial charge < -0.3 is 5.32 Å². The summed E-state index contributed by atoms with van der Waals surface area (Å²) in [6.07, 6.45) is 1.83. The lowest BCUT2D eigenvalue weighted by atomic mass is 10.2. The minimum Gasteiger partial charge on any atom is -0.355 e. The molecule has 0 radical (unpaired) electrons. The number of benzene rings is 2. The van der Waals surface area contributed by atoms with Crippen LogP contribution in [0.1, 0.15) is 24.0 Å². The molecule has 0 heterocycles. The topological polar surface area (TPSA) is 66.5 Å². The number of nitrogens with one attached hydrogen (secondary N) is 1.